The summed E-state index contributed by atoms with van der Waals surface area (Å²) in [7, 11) is 0. The number of para-hydroxylation sites is 2. The lowest BCUT2D eigenvalue weighted by Gasteiger charge is -2.11. The standard InChI is InChI=1S/C11H18N4O/c1-2-3-8-13-11(16)15-14-10-7-5-4-6-9(10)12/h4-7,14H,2-3,8,12H2,1H3,(H2,13,15,16). The molecule has 0 aliphatic carbocycles. The van der Waals surface area contributed by atoms with Gasteiger partial charge in [0.1, 0.15) is 0 Å². The van der Waals surface area contributed by atoms with Crippen molar-refractivity contribution in [3.05, 3.63) is 24.3 Å². The van der Waals surface area contributed by atoms with Crippen LogP contribution in [0.15, 0.2) is 24.3 Å². The Labute approximate surface area is 95.4 Å². The zero-order valence-corrected chi connectivity index (χ0v) is 9.42. The first-order valence-electron chi connectivity index (χ1n) is 5.38. The van der Waals surface area contributed by atoms with Crippen LogP contribution in [0.3, 0.4) is 0 Å². The largest absolute Gasteiger partial charge is 0.397 e. The third-order valence-electron chi connectivity index (χ3n) is 2.09. The van der Waals surface area contributed by atoms with Gasteiger partial charge in [-0.3, -0.25) is 10.9 Å². The van der Waals surface area contributed by atoms with Crippen molar-refractivity contribution in [2.24, 2.45) is 0 Å². The quantitative estimate of drug-likeness (QED) is 0.348. The molecule has 5 N–H and O–H groups in total. The average Bonchev–Trinajstić information content (AvgIpc) is 2.28. The van der Waals surface area contributed by atoms with E-state index in [9.17, 15) is 4.79 Å². The number of hydrazine groups is 1. The second-order valence-corrected chi connectivity index (χ2v) is 3.45. The highest BCUT2D eigenvalue weighted by Crippen LogP contribution is 2.14. The van der Waals surface area contributed by atoms with Crippen LogP contribution in [0.2, 0.25) is 0 Å². The molecule has 88 valence electrons. The highest BCUT2D eigenvalue weighted by atomic mass is 16.2. The van der Waals surface area contributed by atoms with Gasteiger partial charge in [-0.2, -0.15) is 0 Å². The molecule has 0 fully saturated rings. The molecule has 0 heterocycles. The van der Waals surface area contributed by atoms with Crippen molar-refractivity contribution in [3.8, 4) is 0 Å². The highest BCUT2D eigenvalue weighted by molar-refractivity contribution is 5.77. The van der Waals surface area contributed by atoms with Gasteiger partial charge in [-0.15, -0.1) is 0 Å². The number of benzene rings is 1. The van der Waals surface area contributed by atoms with Gasteiger partial charge in [0, 0.05) is 6.54 Å². The fourth-order valence-corrected chi connectivity index (χ4v) is 1.16. The summed E-state index contributed by atoms with van der Waals surface area (Å²) in [6.45, 7) is 2.75. The number of nitrogens with one attached hydrogen (secondary N) is 3. The lowest BCUT2D eigenvalue weighted by Crippen LogP contribution is -2.39. The summed E-state index contributed by atoms with van der Waals surface area (Å²) in [5.74, 6) is 0. The van der Waals surface area contributed by atoms with E-state index in [1.165, 1.54) is 0 Å². The molecule has 0 atom stereocenters. The molecule has 0 radical (unpaired) electrons. The number of nitrogens with two attached hydrogens (primary N) is 1. The molecule has 16 heavy (non-hydrogen) atoms. The first-order chi connectivity index (χ1) is 7.74. The van der Waals surface area contributed by atoms with Gasteiger partial charge in [0.15, 0.2) is 0 Å². The number of anilines is 2. The molecule has 1 aromatic rings. The van der Waals surface area contributed by atoms with E-state index in [4.69, 9.17) is 5.73 Å². The summed E-state index contributed by atoms with van der Waals surface area (Å²) < 4.78 is 0. The Morgan fingerprint density at radius 1 is 1.38 bits per heavy atom. The van der Waals surface area contributed by atoms with Crippen molar-refractivity contribution >= 4 is 17.4 Å². The number of rotatable bonds is 5. The van der Waals surface area contributed by atoms with Crippen molar-refractivity contribution in [2.45, 2.75) is 19.8 Å². The van der Waals surface area contributed by atoms with Gasteiger partial charge in [0.2, 0.25) is 0 Å². The molecule has 0 aliphatic rings. The maximum absolute atomic E-state index is 11.3. The minimum Gasteiger partial charge on any atom is -0.397 e. The second-order valence-electron chi connectivity index (χ2n) is 3.45. The molecule has 0 aromatic heterocycles. The number of hydrogen-bond donors (Lipinski definition) is 4. The first kappa shape index (κ1) is 12.2. The number of hydrogen-bond acceptors (Lipinski definition) is 3. The van der Waals surface area contributed by atoms with Crippen molar-refractivity contribution < 1.29 is 4.79 Å². The van der Waals surface area contributed by atoms with Crippen LogP contribution in [0.4, 0.5) is 16.2 Å². The van der Waals surface area contributed by atoms with Gasteiger partial charge < -0.3 is 11.1 Å². The minimum absolute atomic E-state index is 0.253. The van der Waals surface area contributed by atoms with Gasteiger partial charge in [0.25, 0.3) is 0 Å². The molecule has 0 spiro atoms. The summed E-state index contributed by atoms with van der Waals surface area (Å²) in [5, 5.41) is 2.72. The normalized spacial score (nSPS) is 9.56. The monoisotopic (exact) mass is 222 g/mol. The van der Waals surface area contributed by atoms with Crippen molar-refractivity contribution in [1.29, 1.82) is 0 Å². The molecule has 0 saturated heterocycles. The predicted octanol–water partition coefficient (Wildman–Crippen LogP) is 1.70. The maximum Gasteiger partial charge on any atom is 0.333 e. The number of urea groups is 1. The molecule has 0 bridgehead atoms. The average molecular weight is 222 g/mol. The molecule has 2 amide bonds. The SMILES string of the molecule is CCCCNC(=O)NNc1ccccc1N. The molecule has 1 aromatic carbocycles. The fourth-order valence-electron chi connectivity index (χ4n) is 1.16. The van der Waals surface area contributed by atoms with Crippen molar-refractivity contribution in [1.82, 2.24) is 10.7 Å². The Morgan fingerprint density at radius 2 is 2.12 bits per heavy atom. The Kier molecular flexibility index (Phi) is 4.98. The number of amides is 2. The van der Waals surface area contributed by atoms with Crippen LogP contribution < -0.4 is 21.9 Å². The number of unbranched alkanes of at least 4 members (excludes halogenated alkanes) is 1. The number of nitrogen functional groups attached to an aromatic ring is 1. The van der Waals surface area contributed by atoms with Gasteiger partial charge in [0.05, 0.1) is 11.4 Å². The van der Waals surface area contributed by atoms with E-state index in [0.29, 0.717) is 17.9 Å². The van der Waals surface area contributed by atoms with E-state index >= 15 is 0 Å². The third-order valence-corrected chi connectivity index (χ3v) is 2.09. The smallest absolute Gasteiger partial charge is 0.333 e. The summed E-state index contributed by atoms with van der Waals surface area (Å²) in [4.78, 5) is 11.3. The molecule has 0 aliphatic heterocycles. The minimum atomic E-state index is -0.253. The number of carbonyl (C=O) groups is 1. The van der Waals surface area contributed by atoms with E-state index in [0.717, 1.165) is 12.8 Å². The first-order valence-corrected chi connectivity index (χ1v) is 5.38. The molecule has 1 rings (SSSR count). The van der Waals surface area contributed by atoms with Crippen molar-refractivity contribution in [2.75, 3.05) is 17.7 Å². The summed E-state index contributed by atoms with van der Waals surface area (Å²) in [5.41, 5.74) is 12.2. The molecular weight excluding hydrogens is 204 g/mol. The molecular formula is C11H18N4O. The van der Waals surface area contributed by atoms with Crippen LogP contribution in [0.1, 0.15) is 19.8 Å². The lowest BCUT2D eigenvalue weighted by atomic mass is 10.3. The zero-order valence-electron chi connectivity index (χ0n) is 9.42. The Hall–Kier alpha value is -1.91. The fraction of sp³-hybridized carbons (Fsp3) is 0.364. The Balaban J connectivity index is 2.29. The van der Waals surface area contributed by atoms with Gasteiger partial charge >= 0.3 is 6.03 Å². The van der Waals surface area contributed by atoms with Crippen LogP contribution >= 0.6 is 0 Å². The zero-order chi connectivity index (χ0) is 11.8. The van der Waals surface area contributed by atoms with Gasteiger partial charge in [-0.25, -0.2) is 4.79 Å². The Morgan fingerprint density at radius 3 is 2.81 bits per heavy atom. The summed E-state index contributed by atoms with van der Waals surface area (Å²) in [6.07, 6.45) is 2.03. The van der Waals surface area contributed by atoms with E-state index in [1.54, 1.807) is 12.1 Å². The van der Waals surface area contributed by atoms with Crippen molar-refractivity contribution in [3.63, 3.8) is 0 Å². The topological polar surface area (TPSA) is 79.2 Å². The van der Waals surface area contributed by atoms with Crippen LogP contribution in [0, 0.1) is 0 Å². The summed E-state index contributed by atoms with van der Waals surface area (Å²) >= 11 is 0. The molecule has 5 heteroatoms. The van der Waals surface area contributed by atoms with Gasteiger partial charge in [-0.1, -0.05) is 25.5 Å². The summed E-state index contributed by atoms with van der Waals surface area (Å²) in [6, 6.07) is 6.98. The maximum atomic E-state index is 11.3. The highest BCUT2D eigenvalue weighted by Gasteiger charge is 1.99. The van der Waals surface area contributed by atoms with E-state index in [1.807, 2.05) is 12.1 Å². The van der Waals surface area contributed by atoms with Crippen LogP contribution in [-0.4, -0.2) is 12.6 Å². The Bertz CT molecular complexity index is 341. The third kappa shape index (κ3) is 4.08. The van der Waals surface area contributed by atoms with Gasteiger partial charge in [-0.05, 0) is 18.6 Å². The second kappa shape index (κ2) is 6.55. The lowest BCUT2D eigenvalue weighted by molar-refractivity contribution is 0.242. The molecule has 0 saturated carbocycles. The molecule has 5 nitrogen and oxygen atoms in total. The van der Waals surface area contributed by atoms with Crippen LogP contribution in [0.5, 0.6) is 0 Å². The predicted molar refractivity (Wildman–Crippen MR) is 65.9 cm³/mol. The van der Waals surface area contributed by atoms with Crippen LogP contribution in [-0.2, 0) is 0 Å². The number of carbonyl (C=O) groups excluding carboxylic acids is 1. The van der Waals surface area contributed by atoms with E-state index < -0.39 is 0 Å². The van der Waals surface area contributed by atoms with E-state index in [-0.39, 0.29) is 6.03 Å². The van der Waals surface area contributed by atoms with E-state index in [2.05, 4.69) is 23.1 Å². The van der Waals surface area contributed by atoms with Crippen LogP contribution in [0.25, 0.3) is 0 Å². The molecule has 0 unspecified atom stereocenters.